The maximum absolute atomic E-state index is 12.9. The summed E-state index contributed by atoms with van der Waals surface area (Å²) in [5.41, 5.74) is 2.37. The number of nitrogens with one attached hydrogen (secondary N) is 2. The van der Waals surface area contributed by atoms with Crippen LogP contribution in [0.5, 0.6) is 5.75 Å². The molecule has 3 aromatic carbocycles. The number of rotatable bonds is 8. The number of carbonyl (C=O) groups excluding carboxylic acids is 2. The van der Waals surface area contributed by atoms with Crippen molar-refractivity contribution in [3.05, 3.63) is 81.9 Å². The van der Waals surface area contributed by atoms with Crippen molar-refractivity contribution in [1.29, 1.82) is 0 Å². The lowest BCUT2D eigenvalue weighted by molar-refractivity contribution is -0.124. The van der Waals surface area contributed by atoms with Gasteiger partial charge in [0, 0.05) is 27.2 Å². The first-order chi connectivity index (χ1) is 15.9. The fourth-order valence-electron chi connectivity index (χ4n) is 3.31. The van der Waals surface area contributed by atoms with Crippen LogP contribution >= 0.6 is 22.6 Å². The van der Waals surface area contributed by atoms with Crippen molar-refractivity contribution in [3.8, 4) is 5.75 Å². The molecular formula is C24H23IN2O6. The first-order valence-electron chi connectivity index (χ1n) is 10.1. The molecule has 0 spiro atoms. The second-order valence-electron chi connectivity index (χ2n) is 6.94. The fraction of sp³-hybridized carbons (Fsp3) is 0.167. The molecule has 0 heterocycles. The van der Waals surface area contributed by atoms with E-state index in [0.717, 1.165) is 20.4 Å². The molecule has 0 aliphatic carbocycles. The smallest absolute Gasteiger partial charge is 0.412 e. The lowest BCUT2D eigenvalue weighted by atomic mass is 10.0. The van der Waals surface area contributed by atoms with Gasteiger partial charge in [-0.2, -0.15) is 0 Å². The van der Waals surface area contributed by atoms with Gasteiger partial charge >= 0.3 is 6.09 Å². The lowest BCUT2D eigenvalue weighted by Gasteiger charge is -2.26. The van der Waals surface area contributed by atoms with E-state index in [4.69, 9.17) is 14.7 Å². The number of phenolic OH excluding ortho intramolecular Hbond substituents is 1. The van der Waals surface area contributed by atoms with Crippen LogP contribution in [0.4, 0.5) is 10.5 Å². The minimum Gasteiger partial charge on any atom is -0.508 e. The zero-order chi connectivity index (χ0) is 23.8. The number of ether oxygens (including phenoxy) is 2. The van der Waals surface area contributed by atoms with E-state index < -0.39 is 24.2 Å². The Morgan fingerprint density at radius 3 is 2.64 bits per heavy atom. The highest BCUT2D eigenvalue weighted by molar-refractivity contribution is 14.1. The van der Waals surface area contributed by atoms with Gasteiger partial charge in [0.25, 0.3) is 5.91 Å². The van der Waals surface area contributed by atoms with E-state index in [1.807, 2.05) is 36.4 Å². The van der Waals surface area contributed by atoms with Crippen LogP contribution in [0.1, 0.15) is 18.6 Å². The van der Waals surface area contributed by atoms with Crippen molar-refractivity contribution in [2.24, 2.45) is 0 Å². The van der Waals surface area contributed by atoms with Gasteiger partial charge < -0.3 is 14.6 Å². The van der Waals surface area contributed by atoms with Crippen molar-refractivity contribution in [2.45, 2.75) is 19.1 Å². The molecule has 0 saturated heterocycles. The number of aromatic hydroxyl groups is 1. The molecule has 4 N–H and O–H groups in total. The maximum atomic E-state index is 12.9. The maximum Gasteiger partial charge on any atom is 0.412 e. The number of hydrogen-bond donors (Lipinski definition) is 4. The van der Waals surface area contributed by atoms with Gasteiger partial charge in [-0.15, -0.1) is 0 Å². The molecule has 2 atom stereocenters. The summed E-state index contributed by atoms with van der Waals surface area (Å²) in [6.45, 7) is 1.99. The minimum absolute atomic E-state index is 0.0944. The molecule has 2 amide bonds. The number of hydrogen-bond acceptors (Lipinski definition) is 6. The monoisotopic (exact) mass is 562 g/mol. The molecule has 0 bridgehead atoms. The van der Waals surface area contributed by atoms with Gasteiger partial charge in [-0.3, -0.25) is 15.3 Å². The summed E-state index contributed by atoms with van der Waals surface area (Å²) in [6, 6.07) is 18.0. The number of halogens is 1. The van der Waals surface area contributed by atoms with Gasteiger partial charge in [-0.05, 0) is 65.2 Å². The standard InChI is InChI=1S/C24H23IN2O6/c1-2-32-21(12-13-22(29)27-31)23(18-14-16(25)10-11-20(18)28)33-24(30)26-19-9-5-7-15-6-3-4-8-17(15)19/h3-14,21,23,28,31H,2H2,1H3,(H,26,30)(H,27,29)/b13-12+/t21-,23-/m0/s1. The Kier molecular flexibility index (Phi) is 8.64. The molecule has 33 heavy (non-hydrogen) atoms. The fourth-order valence-corrected chi connectivity index (χ4v) is 3.82. The number of carbonyl (C=O) groups is 2. The molecule has 0 fully saturated rings. The Morgan fingerprint density at radius 2 is 1.88 bits per heavy atom. The summed E-state index contributed by atoms with van der Waals surface area (Å²) < 4.78 is 12.2. The van der Waals surface area contributed by atoms with Gasteiger partial charge in [-0.25, -0.2) is 10.3 Å². The number of hydroxylamine groups is 1. The molecule has 0 aliphatic rings. The number of anilines is 1. The highest BCUT2D eigenvalue weighted by Crippen LogP contribution is 2.33. The van der Waals surface area contributed by atoms with E-state index in [1.54, 1.807) is 25.1 Å². The largest absolute Gasteiger partial charge is 0.508 e. The van der Waals surface area contributed by atoms with Crippen LogP contribution in [0, 0.1) is 3.57 Å². The Labute approximate surface area is 204 Å². The van der Waals surface area contributed by atoms with Crippen molar-refractivity contribution < 1.29 is 29.4 Å². The summed E-state index contributed by atoms with van der Waals surface area (Å²) in [5, 5.41) is 23.8. The zero-order valence-electron chi connectivity index (χ0n) is 17.7. The number of fused-ring (bicyclic) bond motifs is 1. The Hall–Kier alpha value is -3.15. The van der Waals surface area contributed by atoms with Gasteiger partial charge in [0.15, 0.2) is 6.10 Å². The van der Waals surface area contributed by atoms with Crippen molar-refractivity contribution in [2.75, 3.05) is 11.9 Å². The number of phenols is 1. The van der Waals surface area contributed by atoms with E-state index in [0.29, 0.717) is 11.3 Å². The molecule has 0 unspecified atom stereocenters. The molecule has 172 valence electrons. The van der Waals surface area contributed by atoms with E-state index in [2.05, 4.69) is 27.9 Å². The van der Waals surface area contributed by atoms with Gasteiger partial charge in [0.2, 0.25) is 0 Å². The third-order valence-corrected chi connectivity index (χ3v) is 5.43. The molecule has 0 saturated carbocycles. The summed E-state index contributed by atoms with van der Waals surface area (Å²) in [4.78, 5) is 24.4. The summed E-state index contributed by atoms with van der Waals surface area (Å²) in [7, 11) is 0. The van der Waals surface area contributed by atoms with Crippen molar-refractivity contribution >= 4 is 51.1 Å². The van der Waals surface area contributed by atoms with E-state index >= 15 is 0 Å². The number of amides is 2. The van der Waals surface area contributed by atoms with E-state index in [-0.39, 0.29) is 12.4 Å². The second-order valence-corrected chi connectivity index (χ2v) is 8.18. The van der Waals surface area contributed by atoms with Crippen LogP contribution in [0.15, 0.2) is 72.8 Å². The average Bonchev–Trinajstić information content (AvgIpc) is 2.82. The highest BCUT2D eigenvalue weighted by atomic mass is 127. The van der Waals surface area contributed by atoms with Crippen LogP contribution in [0.3, 0.4) is 0 Å². The Morgan fingerprint density at radius 1 is 1.12 bits per heavy atom. The Bertz CT molecular complexity index is 1160. The average molecular weight is 562 g/mol. The van der Waals surface area contributed by atoms with Crippen LogP contribution in [0.2, 0.25) is 0 Å². The Balaban J connectivity index is 1.94. The minimum atomic E-state index is -1.09. The van der Waals surface area contributed by atoms with Gasteiger partial charge in [0.1, 0.15) is 11.9 Å². The quantitative estimate of drug-likeness (QED) is 0.134. The van der Waals surface area contributed by atoms with Crippen molar-refractivity contribution in [1.82, 2.24) is 5.48 Å². The second kappa shape index (κ2) is 11.6. The van der Waals surface area contributed by atoms with Crippen LogP contribution < -0.4 is 10.8 Å². The molecule has 0 aromatic heterocycles. The first kappa shape index (κ1) is 24.5. The first-order valence-corrected chi connectivity index (χ1v) is 11.2. The highest BCUT2D eigenvalue weighted by Gasteiger charge is 2.29. The van der Waals surface area contributed by atoms with Crippen LogP contribution in [-0.2, 0) is 14.3 Å². The molecule has 0 aliphatic heterocycles. The normalized spacial score (nSPS) is 12.9. The molecule has 3 rings (SSSR count). The van der Waals surface area contributed by atoms with Crippen molar-refractivity contribution in [3.63, 3.8) is 0 Å². The predicted molar refractivity (Wildman–Crippen MR) is 132 cm³/mol. The summed E-state index contributed by atoms with van der Waals surface area (Å²) in [5.74, 6) is -0.867. The van der Waals surface area contributed by atoms with Crippen LogP contribution in [0.25, 0.3) is 10.8 Å². The van der Waals surface area contributed by atoms with E-state index in [9.17, 15) is 14.7 Å². The molecule has 3 aromatic rings. The zero-order valence-corrected chi connectivity index (χ0v) is 19.9. The summed E-state index contributed by atoms with van der Waals surface area (Å²) >= 11 is 2.08. The van der Waals surface area contributed by atoms with Gasteiger partial charge in [0.05, 0.1) is 5.69 Å². The molecule has 0 radical (unpaired) electrons. The third-order valence-electron chi connectivity index (χ3n) is 4.76. The number of benzene rings is 3. The molecule has 8 nitrogen and oxygen atoms in total. The van der Waals surface area contributed by atoms with E-state index in [1.165, 1.54) is 17.6 Å². The third kappa shape index (κ3) is 6.44. The predicted octanol–water partition coefficient (Wildman–Crippen LogP) is 4.91. The molecule has 9 heteroatoms. The lowest BCUT2D eigenvalue weighted by Crippen LogP contribution is -2.28. The SMILES string of the molecule is CCO[C@@H](/C=C/C(=O)NO)[C@@H](OC(=O)Nc1cccc2ccccc12)c1cc(I)ccc1O. The summed E-state index contributed by atoms with van der Waals surface area (Å²) in [6.07, 6.45) is -0.361. The topological polar surface area (TPSA) is 117 Å². The van der Waals surface area contributed by atoms with Crippen LogP contribution in [-0.4, -0.2) is 35.0 Å². The molecular weight excluding hydrogens is 539 g/mol. The van der Waals surface area contributed by atoms with Gasteiger partial charge in [-0.1, -0.05) is 36.4 Å².